The molecule has 152 valence electrons. The first-order chi connectivity index (χ1) is 14.6. The van der Waals surface area contributed by atoms with Crippen LogP contribution in [-0.4, -0.2) is 20.7 Å². The van der Waals surface area contributed by atoms with E-state index < -0.39 is 0 Å². The highest BCUT2D eigenvalue weighted by Gasteiger charge is 2.13. The van der Waals surface area contributed by atoms with Crippen LogP contribution < -0.4 is 10.1 Å². The van der Waals surface area contributed by atoms with Gasteiger partial charge in [-0.15, -0.1) is 16.4 Å². The SMILES string of the molecule is Cc1cccc(Cn2cnc(NC(=O)c3cc(COc4ccccc4C)cs3)n2)c1. The van der Waals surface area contributed by atoms with Gasteiger partial charge in [-0.1, -0.05) is 48.0 Å². The first-order valence-corrected chi connectivity index (χ1v) is 10.5. The minimum absolute atomic E-state index is 0.226. The molecule has 4 rings (SSSR count). The second-order valence-electron chi connectivity index (χ2n) is 7.08. The molecule has 0 saturated heterocycles. The van der Waals surface area contributed by atoms with Gasteiger partial charge in [-0.2, -0.15) is 0 Å². The van der Waals surface area contributed by atoms with Crippen molar-refractivity contribution in [3.8, 4) is 5.75 Å². The van der Waals surface area contributed by atoms with E-state index in [9.17, 15) is 4.79 Å². The third-order valence-corrected chi connectivity index (χ3v) is 5.53. The number of anilines is 1. The van der Waals surface area contributed by atoms with Crippen molar-refractivity contribution < 1.29 is 9.53 Å². The molecule has 1 amide bonds. The summed E-state index contributed by atoms with van der Waals surface area (Å²) in [4.78, 5) is 17.3. The van der Waals surface area contributed by atoms with Gasteiger partial charge in [0.05, 0.1) is 11.4 Å². The van der Waals surface area contributed by atoms with E-state index >= 15 is 0 Å². The molecule has 2 aromatic carbocycles. The van der Waals surface area contributed by atoms with E-state index in [1.807, 2.05) is 54.8 Å². The average Bonchev–Trinajstić information content (AvgIpc) is 3.37. The first-order valence-electron chi connectivity index (χ1n) is 9.59. The van der Waals surface area contributed by atoms with Crippen LogP contribution in [0.25, 0.3) is 0 Å². The topological polar surface area (TPSA) is 69.0 Å². The zero-order valence-electron chi connectivity index (χ0n) is 16.8. The highest BCUT2D eigenvalue weighted by Crippen LogP contribution is 2.21. The lowest BCUT2D eigenvalue weighted by Gasteiger charge is -2.07. The number of nitrogens with one attached hydrogen (secondary N) is 1. The van der Waals surface area contributed by atoms with Crippen LogP contribution in [0.2, 0.25) is 0 Å². The number of hydrogen-bond acceptors (Lipinski definition) is 5. The maximum absolute atomic E-state index is 12.5. The van der Waals surface area contributed by atoms with Gasteiger partial charge in [0.2, 0.25) is 5.95 Å². The molecule has 6 nitrogen and oxygen atoms in total. The van der Waals surface area contributed by atoms with Crippen molar-refractivity contribution in [3.63, 3.8) is 0 Å². The van der Waals surface area contributed by atoms with Gasteiger partial charge in [0, 0.05) is 5.56 Å². The van der Waals surface area contributed by atoms with E-state index in [2.05, 4.69) is 34.5 Å². The Balaban J connectivity index is 1.34. The largest absolute Gasteiger partial charge is 0.489 e. The van der Waals surface area contributed by atoms with Gasteiger partial charge in [0.25, 0.3) is 5.91 Å². The van der Waals surface area contributed by atoms with Crippen molar-refractivity contribution in [2.24, 2.45) is 0 Å². The van der Waals surface area contributed by atoms with E-state index in [4.69, 9.17) is 4.74 Å². The summed E-state index contributed by atoms with van der Waals surface area (Å²) in [5.74, 6) is 0.910. The van der Waals surface area contributed by atoms with Crippen molar-refractivity contribution >= 4 is 23.2 Å². The highest BCUT2D eigenvalue weighted by molar-refractivity contribution is 7.12. The number of aromatic nitrogens is 3. The van der Waals surface area contributed by atoms with E-state index in [1.54, 1.807) is 11.0 Å². The lowest BCUT2D eigenvalue weighted by Crippen LogP contribution is -2.12. The van der Waals surface area contributed by atoms with Crippen LogP contribution in [0.15, 0.2) is 66.3 Å². The third kappa shape index (κ3) is 4.93. The lowest BCUT2D eigenvalue weighted by atomic mass is 10.1. The number of amides is 1. The molecule has 2 aromatic heterocycles. The highest BCUT2D eigenvalue weighted by atomic mass is 32.1. The second kappa shape index (κ2) is 8.92. The summed E-state index contributed by atoms with van der Waals surface area (Å²) < 4.78 is 7.56. The first kappa shape index (κ1) is 19.8. The maximum atomic E-state index is 12.5. The summed E-state index contributed by atoms with van der Waals surface area (Å²) in [6.45, 7) is 5.08. The summed E-state index contributed by atoms with van der Waals surface area (Å²) in [6.07, 6.45) is 1.62. The van der Waals surface area contributed by atoms with Crippen LogP contribution in [0.5, 0.6) is 5.75 Å². The molecule has 0 aliphatic carbocycles. The Bertz CT molecular complexity index is 1170. The fourth-order valence-electron chi connectivity index (χ4n) is 3.04. The van der Waals surface area contributed by atoms with Crippen molar-refractivity contribution in [2.45, 2.75) is 27.0 Å². The fraction of sp³-hybridized carbons (Fsp3) is 0.174. The Morgan fingerprint density at radius 2 is 1.97 bits per heavy atom. The van der Waals surface area contributed by atoms with E-state index in [0.29, 0.717) is 24.0 Å². The molecule has 1 N–H and O–H groups in total. The predicted octanol–water partition coefficient (Wildman–Crippen LogP) is 4.84. The normalized spacial score (nSPS) is 10.7. The van der Waals surface area contributed by atoms with E-state index in [0.717, 1.165) is 22.4 Å². The molecule has 4 aromatic rings. The number of benzene rings is 2. The number of carbonyl (C=O) groups excluding carboxylic acids is 1. The number of para-hydroxylation sites is 1. The van der Waals surface area contributed by atoms with E-state index in [1.165, 1.54) is 16.9 Å². The quantitative estimate of drug-likeness (QED) is 0.466. The Kier molecular flexibility index (Phi) is 5.90. The predicted molar refractivity (Wildman–Crippen MR) is 118 cm³/mol. The summed E-state index contributed by atoms with van der Waals surface area (Å²) in [5.41, 5.74) is 4.36. The summed E-state index contributed by atoms with van der Waals surface area (Å²) in [5, 5.41) is 9.03. The van der Waals surface area contributed by atoms with Gasteiger partial charge in [-0.25, -0.2) is 9.67 Å². The molecule has 0 bridgehead atoms. The standard InChI is InChI=1S/C23H22N4O2S/c1-16-6-5-8-18(10-16)12-27-15-24-23(26-27)25-22(28)21-11-19(14-30-21)13-29-20-9-4-3-7-17(20)2/h3-11,14-15H,12-13H2,1-2H3,(H,25,26,28). The molecule has 0 aliphatic rings. The number of aryl methyl sites for hydroxylation is 2. The number of carbonyl (C=O) groups is 1. The minimum atomic E-state index is -0.226. The molecule has 0 spiro atoms. The second-order valence-corrected chi connectivity index (χ2v) is 7.99. The van der Waals surface area contributed by atoms with Crippen LogP contribution in [0, 0.1) is 13.8 Å². The molecular formula is C23H22N4O2S. The zero-order valence-corrected chi connectivity index (χ0v) is 17.6. The average molecular weight is 419 g/mol. The van der Waals surface area contributed by atoms with Crippen molar-refractivity contribution in [1.29, 1.82) is 0 Å². The number of ether oxygens (including phenoxy) is 1. The number of thiophene rings is 1. The molecular weight excluding hydrogens is 396 g/mol. The lowest BCUT2D eigenvalue weighted by molar-refractivity contribution is 0.102. The monoisotopic (exact) mass is 418 g/mol. The Hall–Kier alpha value is -3.45. The van der Waals surface area contributed by atoms with Crippen LogP contribution in [0.3, 0.4) is 0 Å². The summed E-state index contributed by atoms with van der Waals surface area (Å²) in [7, 11) is 0. The fourth-order valence-corrected chi connectivity index (χ4v) is 3.83. The molecule has 0 radical (unpaired) electrons. The van der Waals surface area contributed by atoms with Crippen LogP contribution >= 0.6 is 11.3 Å². The number of nitrogens with zero attached hydrogens (tertiary/aromatic N) is 3. The Labute approximate surface area is 179 Å². The summed E-state index contributed by atoms with van der Waals surface area (Å²) >= 11 is 1.37. The van der Waals surface area contributed by atoms with Gasteiger partial charge in [-0.05, 0) is 42.5 Å². The van der Waals surface area contributed by atoms with Crippen LogP contribution in [-0.2, 0) is 13.2 Å². The molecule has 0 unspecified atom stereocenters. The Morgan fingerprint density at radius 3 is 2.80 bits per heavy atom. The van der Waals surface area contributed by atoms with Crippen LogP contribution in [0.1, 0.15) is 31.9 Å². The van der Waals surface area contributed by atoms with Gasteiger partial charge in [0.15, 0.2) is 0 Å². The molecule has 0 saturated carbocycles. The van der Waals surface area contributed by atoms with Gasteiger partial charge < -0.3 is 4.74 Å². The van der Waals surface area contributed by atoms with Gasteiger partial charge in [-0.3, -0.25) is 10.1 Å². The smallest absolute Gasteiger partial charge is 0.268 e. The van der Waals surface area contributed by atoms with Gasteiger partial charge in [0.1, 0.15) is 18.7 Å². The zero-order chi connectivity index (χ0) is 20.9. The number of hydrogen-bond donors (Lipinski definition) is 1. The molecule has 30 heavy (non-hydrogen) atoms. The molecule has 7 heteroatoms. The molecule has 0 aliphatic heterocycles. The van der Waals surface area contributed by atoms with Crippen LogP contribution in [0.4, 0.5) is 5.95 Å². The molecule has 0 fully saturated rings. The molecule has 2 heterocycles. The minimum Gasteiger partial charge on any atom is -0.489 e. The third-order valence-electron chi connectivity index (χ3n) is 4.55. The van der Waals surface area contributed by atoms with E-state index in [-0.39, 0.29) is 5.91 Å². The van der Waals surface area contributed by atoms with Crippen molar-refractivity contribution in [2.75, 3.05) is 5.32 Å². The summed E-state index contributed by atoms with van der Waals surface area (Å²) in [6, 6.07) is 17.9. The Morgan fingerprint density at radius 1 is 1.10 bits per heavy atom. The maximum Gasteiger partial charge on any atom is 0.268 e. The number of rotatable bonds is 7. The van der Waals surface area contributed by atoms with Crippen molar-refractivity contribution in [1.82, 2.24) is 14.8 Å². The van der Waals surface area contributed by atoms with Gasteiger partial charge >= 0.3 is 0 Å². The molecule has 0 atom stereocenters. The van der Waals surface area contributed by atoms with Crippen molar-refractivity contribution in [3.05, 3.63) is 93.4 Å².